The normalized spacial score (nSPS) is 20.9. The molecule has 112 valence electrons. The van der Waals surface area contributed by atoms with Gasteiger partial charge in [-0.2, -0.15) is 0 Å². The van der Waals surface area contributed by atoms with Crippen molar-refractivity contribution >= 4 is 11.8 Å². The van der Waals surface area contributed by atoms with Gasteiger partial charge in [-0.15, -0.1) is 0 Å². The van der Waals surface area contributed by atoms with Gasteiger partial charge >= 0.3 is 0 Å². The van der Waals surface area contributed by atoms with Crippen molar-refractivity contribution in [3.63, 3.8) is 0 Å². The minimum Gasteiger partial charge on any atom is -0.340 e. The molecule has 0 bridgehead atoms. The number of halogens is 1. The molecular weight excluding hydrogens is 271 g/mol. The molecule has 5 heteroatoms. The second-order valence-electron chi connectivity index (χ2n) is 5.94. The van der Waals surface area contributed by atoms with Crippen molar-refractivity contribution < 1.29 is 14.0 Å². The van der Waals surface area contributed by atoms with Crippen LogP contribution in [0.25, 0.3) is 0 Å². The molecule has 2 aliphatic rings. The standard InChI is InChI=1S/C16H19FN2O2/c17-13-5-3-12(4-6-13)7-10-19-11-14(20)18-16(15(19)21)8-1-2-9-16/h3-6H,1-2,7-11H2,(H,18,20). The summed E-state index contributed by atoms with van der Waals surface area (Å²) in [6.07, 6.45) is 4.08. The smallest absolute Gasteiger partial charge is 0.248 e. The summed E-state index contributed by atoms with van der Waals surface area (Å²) in [6.45, 7) is 0.626. The Morgan fingerprint density at radius 3 is 2.48 bits per heavy atom. The molecule has 1 aliphatic carbocycles. The van der Waals surface area contributed by atoms with E-state index in [2.05, 4.69) is 5.32 Å². The molecular formula is C16H19FN2O2. The summed E-state index contributed by atoms with van der Waals surface area (Å²) in [7, 11) is 0. The Balaban J connectivity index is 1.68. The lowest BCUT2D eigenvalue weighted by Gasteiger charge is -2.39. The van der Waals surface area contributed by atoms with Crippen molar-refractivity contribution in [1.82, 2.24) is 10.2 Å². The average molecular weight is 290 g/mol. The summed E-state index contributed by atoms with van der Waals surface area (Å²) in [6, 6.07) is 6.27. The van der Waals surface area contributed by atoms with Gasteiger partial charge in [0, 0.05) is 6.54 Å². The fraction of sp³-hybridized carbons (Fsp3) is 0.500. The van der Waals surface area contributed by atoms with Crippen molar-refractivity contribution in [2.45, 2.75) is 37.6 Å². The molecule has 4 nitrogen and oxygen atoms in total. The fourth-order valence-electron chi connectivity index (χ4n) is 3.32. The molecule has 0 aromatic heterocycles. The number of nitrogens with one attached hydrogen (secondary N) is 1. The second-order valence-corrected chi connectivity index (χ2v) is 5.94. The molecule has 21 heavy (non-hydrogen) atoms. The molecule has 1 saturated carbocycles. The number of rotatable bonds is 3. The SMILES string of the molecule is O=C1CN(CCc2ccc(F)cc2)C(=O)C2(CCCC2)N1. The van der Waals surface area contributed by atoms with E-state index in [1.54, 1.807) is 17.0 Å². The van der Waals surface area contributed by atoms with Gasteiger partial charge in [0.25, 0.3) is 0 Å². The molecule has 2 amide bonds. The number of benzene rings is 1. The van der Waals surface area contributed by atoms with E-state index < -0.39 is 5.54 Å². The largest absolute Gasteiger partial charge is 0.340 e. The van der Waals surface area contributed by atoms with Gasteiger partial charge in [-0.3, -0.25) is 9.59 Å². The zero-order chi connectivity index (χ0) is 14.9. The lowest BCUT2D eigenvalue weighted by Crippen LogP contribution is -2.65. The van der Waals surface area contributed by atoms with E-state index in [1.165, 1.54) is 12.1 Å². The molecule has 1 aliphatic heterocycles. The zero-order valence-corrected chi connectivity index (χ0v) is 11.9. The van der Waals surface area contributed by atoms with Crippen molar-refractivity contribution in [3.05, 3.63) is 35.6 Å². The number of amides is 2. The number of hydrogen-bond acceptors (Lipinski definition) is 2. The highest BCUT2D eigenvalue weighted by molar-refractivity contribution is 5.98. The van der Waals surface area contributed by atoms with Crippen molar-refractivity contribution in [1.29, 1.82) is 0 Å². The molecule has 1 saturated heterocycles. The van der Waals surface area contributed by atoms with E-state index in [4.69, 9.17) is 0 Å². The minimum atomic E-state index is -0.655. The maximum absolute atomic E-state index is 12.9. The maximum Gasteiger partial charge on any atom is 0.248 e. The second kappa shape index (κ2) is 5.47. The van der Waals surface area contributed by atoms with E-state index in [0.717, 1.165) is 31.2 Å². The van der Waals surface area contributed by atoms with Crippen LogP contribution in [0, 0.1) is 5.82 Å². The number of hydrogen-bond donors (Lipinski definition) is 1. The van der Waals surface area contributed by atoms with Gasteiger partial charge in [-0.05, 0) is 37.0 Å². The Kier molecular flexibility index (Phi) is 3.66. The van der Waals surface area contributed by atoms with Crippen LogP contribution in [0.2, 0.25) is 0 Å². The monoisotopic (exact) mass is 290 g/mol. The number of nitrogens with zero attached hydrogens (tertiary/aromatic N) is 1. The Hall–Kier alpha value is -1.91. The highest BCUT2D eigenvalue weighted by Crippen LogP contribution is 2.33. The van der Waals surface area contributed by atoms with Crippen LogP contribution in [0.15, 0.2) is 24.3 Å². The predicted octanol–water partition coefficient (Wildman–Crippen LogP) is 1.64. The number of carbonyl (C=O) groups excluding carboxylic acids is 2. The number of carbonyl (C=O) groups is 2. The molecule has 1 N–H and O–H groups in total. The van der Waals surface area contributed by atoms with Gasteiger partial charge in [-0.1, -0.05) is 25.0 Å². The first-order chi connectivity index (χ1) is 10.1. The Morgan fingerprint density at radius 2 is 1.81 bits per heavy atom. The van der Waals surface area contributed by atoms with Gasteiger partial charge in [0.2, 0.25) is 11.8 Å². The van der Waals surface area contributed by atoms with E-state index in [-0.39, 0.29) is 24.2 Å². The predicted molar refractivity (Wildman–Crippen MR) is 76.0 cm³/mol. The van der Waals surface area contributed by atoms with Crippen LogP contribution in [-0.2, 0) is 16.0 Å². The van der Waals surface area contributed by atoms with E-state index in [9.17, 15) is 14.0 Å². The van der Waals surface area contributed by atoms with Crippen LogP contribution in [0.1, 0.15) is 31.2 Å². The molecule has 2 fully saturated rings. The third-order valence-corrected chi connectivity index (χ3v) is 4.45. The summed E-state index contributed by atoms with van der Waals surface area (Å²) in [5, 5.41) is 2.90. The Morgan fingerprint density at radius 1 is 1.14 bits per heavy atom. The van der Waals surface area contributed by atoms with E-state index in [1.807, 2.05) is 0 Å². The lowest BCUT2D eigenvalue weighted by molar-refractivity contribution is -0.149. The van der Waals surface area contributed by atoms with Crippen LogP contribution >= 0.6 is 0 Å². The molecule has 1 spiro atoms. The first-order valence-corrected chi connectivity index (χ1v) is 7.44. The van der Waals surface area contributed by atoms with E-state index >= 15 is 0 Å². The molecule has 0 unspecified atom stereocenters. The van der Waals surface area contributed by atoms with Gasteiger partial charge in [0.15, 0.2) is 0 Å². The molecule has 3 rings (SSSR count). The van der Waals surface area contributed by atoms with Crippen LogP contribution in [0.5, 0.6) is 0 Å². The summed E-state index contributed by atoms with van der Waals surface area (Å²) >= 11 is 0. The summed E-state index contributed by atoms with van der Waals surface area (Å²) < 4.78 is 12.9. The van der Waals surface area contributed by atoms with Crippen LogP contribution in [-0.4, -0.2) is 35.3 Å². The van der Waals surface area contributed by atoms with Crippen molar-refractivity contribution in [3.8, 4) is 0 Å². The lowest BCUT2D eigenvalue weighted by atomic mass is 9.93. The maximum atomic E-state index is 12.9. The molecule has 0 radical (unpaired) electrons. The summed E-state index contributed by atoms with van der Waals surface area (Å²) in [5.74, 6) is -0.297. The fourth-order valence-corrected chi connectivity index (χ4v) is 3.32. The molecule has 0 atom stereocenters. The third-order valence-electron chi connectivity index (χ3n) is 4.45. The quantitative estimate of drug-likeness (QED) is 0.920. The van der Waals surface area contributed by atoms with Crippen LogP contribution < -0.4 is 5.32 Å². The molecule has 1 aromatic carbocycles. The first kappa shape index (κ1) is 14.0. The van der Waals surface area contributed by atoms with Crippen molar-refractivity contribution in [2.24, 2.45) is 0 Å². The van der Waals surface area contributed by atoms with Crippen LogP contribution in [0.4, 0.5) is 4.39 Å². The summed E-state index contributed by atoms with van der Waals surface area (Å²) in [5.41, 5.74) is 0.314. The zero-order valence-electron chi connectivity index (χ0n) is 11.9. The van der Waals surface area contributed by atoms with Gasteiger partial charge in [0.05, 0.1) is 6.54 Å². The summed E-state index contributed by atoms with van der Waals surface area (Å²) in [4.78, 5) is 26.1. The van der Waals surface area contributed by atoms with Crippen molar-refractivity contribution in [2.75, 3.05) is 13.1 Å². The minimum absolute atomic E-state index is 0.0433. The number of piperazine rings is 1. The topological polar surface area (TPSA) is 49.4 Å². The Labute approximate surface area is 123 Å². The molecule has 1 heterocycles. The third kappa shape index (κ3) is 2.77. The van der Waals surface area contributed by atoms with Crippen LogP contribution in [0.3, 0.4) is 0 Å². The van der Waals surface area contributed by atoms with Gasteiger partial charge < -0.3 is 10.2 Å². The van der Waals surface area contributed by atoms with Gasteiger partial charge in [-0.25, -0.2) is 4.39 Å². The average Bonchev–Trinajstić information content (AvgIpc) is 2.92. The first-order valence-electron chi connectivity index (χ1n) is 7.44. The van der Waals surface area contributed by atoms with Gasteiger partial charge in [0.1, 0.15) is 11.4 Å². The molecule has 1 aromatic rings. The highest BCUT2D eigenvalue weighted by Gasteiger charge is 2.47. The van der Waals surface area contributed by atoms with E-state index in [0.29, 0.717) is 13.0 Å². The highest BCUT2D eigenvalue weighted by atomic mass is 19.1. The Bertz CT molecular complexity index is 550.